The van der Waals surface area contributed by atoms with E-state index in [9.17, 15) is 0 Å². The summed E-state index contributed by atoms with van der Waals surface area (Å²) in [5.74, 6) is 2.51. The van der Waals surface area contributed by atoms with E-state index in [-0.39, 0.29) is 5.60 Å². The van der Waals surface area contributed by atoms with Gasteiger partial charge in [0.15, 0.2) is 11.5 Å². The van der Waals surface area contributed by atoms with E-state index in [0.717, 1.165) is 55.9 Å². The summed E-state index contributed by atoms with van der Waals surface area (Å²) in [7, 11) is 4.80. The van der Waals surface area contributed by atoms with Gasteiger partial charge in [-0.2, -0.15) is 5.10 Å². The van der Waals surface area contributed by atoms with Crippen LogP contribution < -0.4 is 19.1 Å². The summed E-state index contributed by atoms with van der Waals surface area (Å²) in [5, 5.41) is 8.30. The van der Waals surface area contributed by atoms with Crippen LogP contribution in [0.5, 0.6) is 17.2 Å². The summed E-state index contributed by atoms with van der Waals surface area (Å²) < 4.78 is 22.9. The first-order valence-electron chi connectivity index (χ1n) is 10.1. The highest BCUT2D eigenvalue weighted by Crippen LogP contribution is 2.46. The lowest BCUT2D eigenvalue weighted by atomic mass is 9.83. The van der Waals surface area contributed by atoms with Crippen LogP contribution in [0.3, 0.4) is 0 Å². The van der Waals surface area contributed by atoms with Crippen LogP contribution >= 0.6 is 0 Å². The minimum absolute atomic E-state index is 0.290. The number of benzene rings is 1. The molecule has 0 aliphatic carbocycles. The fraction of sp³-hybridized carbons (Fsp3) is 0.476. The molecular weight excluding hydrogens is 386 g/mol. The minimum Gasteiger partial charge on any atom is -0.493 e. The molecule has 2 aliphatic rings. The maximum atomic E-state index is 6.28. The lowest BCUT2D eigenvalue weighted by Gasteiger charge is -2.43. The normalized spacial score (nSPS) is 17.8. The molecule has 0 saturated carbocycles. The first-order chi connectivity index (χ1) is 14.7. The molecule has 1 spiro atoms. The zero-order chi connectivity index (χ0) is 20.7. The Kier molecular flexibility index (Phi) is 4.62. The molecule has 0 atom stereocenters. The molecule has 1 aromatic carbocycles. The van der Waals surface area contributed by atoms with Gasteiger partial charge in [-0.25, -0.2) is 9.97 Å². The number of nitrogens with one attached hydrogen (secondary N) is 1. The summed E-state index contributed by atoms with van der Waals surface area (Å²) in [6, 6.07) is 1.92. The highest BCUT2D eigenvalue weighted by molar-refractivity contribution is 5.97. The third-order valence-corrected chi connectivity index (χ3v) is 6.21. The van der Waals surface area contributed by atoms with E-state index in [4.69, 9.17) is 18.9 Å². The fourth-order valence-corrected chi connectivity index (χ4v) is 4.70. The van der Waals surface area contributed by atoms with Crippen LogP contribution in [0.25, 0.3) is 10.9 Å². The van der Waals surface area contributed by atoms with Gasteiger partial charge in [-0.05, 0) is 30.9 Å². The SMILES string of the molecule is COc1cc2c(N3CCC4(CC3)OCCc3cn[nH]c34)ncnc2c(OC)c1OC. The molecule has 30 heavy (non-hydrogen) atoms. The maximum Gasteiger partial charge on any atom is 0.205 e. The predicted octanol–water partition coefficient (Wildman–Crippen LogP) is 2.45. The second kappa shape index (κ2) is 7.32. The molecule has 9 heteroatoms. The van der Waals surface area contributed by atoms with Crippen molar-refractivity contribution in [3.8, 4) is 17.2 Å². The van der Waals surface area contributed by atoms with Crippen LogP contribution in [0.4, 0.5) is 5.82 Å². The summed E-state index contributed by atoms with van der Waals surface area (Å²) in [6.45, 7) is 2.35. The highest BCUT2D eigenvalue weighted by Gasteiger charge is 2.42. The number of hydrogen-bond acceptors (Lipinski definition) is 8. The van der Waals surface area contributed by atoms with Gasteiger partial charge >= 0.3 is 0 Å². The van der Waals surface area contributed by atoms with Crippen molar-refractivity contribution in [1.82, 2.24) is 20.2 Å². The number of anilines is 1. The Morgan fingerprint density at radius 2 is 1.87 bits per heavy atom. The van der Waals surface area contributed by atoms with Crippen molar-refractivity contribution in [3.63, 3.8) is 0 Å². The number of ether oxygens (including phenoxy) is 4. The molecular formula is C21H25N5O4. The molecule has 1 N–H and O–H groups in total. The molecule has 9 nitrogen and oxygen atoms in total. The number of H-pyrrole nitrogens is 1. The Morgan fingerprint density at radius 1 is 1.07 bits per heavy atom. The monoisotopic (exact) mass is 411 g/mol. The molecule has 0 unspecified atom stereocenters. The van der Waals surface area contributed by atoms with Gasteiger partial charge in [0.05, 0.1) is 45.2 Å². The molecule has 2 aromatic heterocycles. The highest BCUT2D eigenvalue weighted by atomic mass is 16.5. The topological polar surface area (TPSA) is 94.6 Å². The van der Waals surface area contributed by atoms with Crippen molar-refractivity contribution in [2.45, 2.75) is 24.9 Å². The number of methoxy groups -OCH3 is 3. The molecule has 158 valence electrons. The number of hydrogen-bond donors (Lipinski definition) is 1. The Morgan fingerprint density at radius 3 is 2.60 bits per heavy atom. The van der Waals surface area contributed by atoms with E-state index in [0.29, 0.717) is 22.8 Å². The molecule has 2 aliphatic heterocycles. The Hall–Kier alpha value is -3.07. The third kappa shape index (κ3) is 2.76. The molecule has 0 radical (unpaired) electrons. The molecule has 1 fully saturated rings. The van der Waals surface area contributed by atoms with E-state index in [2.05, 4.69) is 25.1 Å². The van der Waals surface area contributed by atoms with Gasteiger partial charge in [0.1, 0.15) is 23.3 Å². The van der Waals surface area contributed by atoms with E-state index in [1.165, 1.54) is 5.56 Å². The standard InChI is InChI=1S/C21H25N5O4/c1-27-15-10-14-16(18(29-3)17(15)28-2)22-12-23-20(14)26-7-5-21(6-8-26)19-13(4-9-30-21)11-24-25-19/h10-12H,4-9H2,1-3H3,(H,24,25). The van der Waals surface area contributed by atoms with E-state index >= 15 is 0 Å². The first kappa shape index (κ1) is 18.9. The largest absolute Gasteiger partial charge is 0.493 e. The second-order valence-corrected chi connectivity index (χ2v) is 7.59. The Balaban J connectivity index is 1.51. The van der Waals surface area contributed by atoms with Gasteiger partial charge < -0.3 is 23.8 Å². The smallest absolute Gasteiger partial charge is 0.205 e. The number of piperidine rings is 1. The minimum atomic E-state index is -0.290. The number of aromatic nitrogens is 4. The van der Waals surface area contributed by atoms with Crippen LogP contribution in [0.15, 0.2) is 18.6 Å². The van der Waals surface area contributed by atoms with Gasteiger partial charge in [0.25, 0.3) is 0 Å². The van der Waals surface area contributed by atoms with Gasteiger partial charge in [0.2, 0.25) is 5.75 Å². The second-order valence-electron chi connectivity index (χ2n) is 7.59. The van der Waals surface area contributed by atoms with Gasteiger partial charge in [0, 0.05) is 13.1 Å². The van der Waals surface area contributed by atoms with E-state index in [1.807, 2.05) is 12.3 Å². The Bertz CT molecular complexity index is 1070. The van der Waals surface area contributed by atoms with Crippen molar-refractivity contribution in [1.29, 1.82) is 0 Å². The zero-order valence-electron chi connectivity index (χ0n) is 17.4. The first-order valence-corrected chi connectivity index (χ1v) is 10.1. The molecule has 0 amide bonds. The lowest BCUT2D eigenvalue weighted by Crippen LogP contribution is -2.47. The van der Waals surface area contributed by atoms with Crippen molar-refractivity contribution < 1.29 is 18.9 Å². The van der Waals surface area contributed by atoms with Gasteiger partial charge in [-0.15, -0.1) is 0 Å². The predicted molar refractivity (Wildman–Crippen MR) is 111 cm³/mol. The quantitative estimate of drug-likeness (QED) is 0.700. The van der Waals surface area contributed by atoms with Crippen molar-refractivity contribution >= 4 is 16.7 Å². The fourth-order valence-electron chi connectivity index (χ4n) is 4.70. The summed E-state index contributed by atoms with van der Waals surface area (Å²) in [6.07, 6.45) is 6.13. The summed E-state index contributed by atoms with van der Waals surface area (Å²) >= 11 is 0. The van der Waals surface area contributed by atoms with Crippen LogP contribution in [-0.2, 0) is 16.8 Å². The third-order valence-electron chi connectivity index (χ3n) is 6.21. The van der Waals surface area contributed by atoms with Crippen molar-refractivity contribution in [2.24, 2.45) is 0 Å². The van der Waals surface area contributed by atoms with Crippen LogP contribution in [0.1, 0.15) is 24.1 Å². The zero-order valence-corrected chi connectivity index (χ0v) is 17.4. The van der Waals surface area contributed by atoms with Crippen LogP contribution in [-0.4, -0.2) is 61.2 Å². The average molecular weight is 411 g/mol. The van der Waals surface area contributed by atoms with Gasteiger partial charge in [-0.1, -0.05) is 0 Å². The molecule has 0 bridgehead atoms. The van der Waals surface area contributed by atoms with Crippen LogP contribution in [0.2, 0.25) is 0 Å². The maximum absolute atomic E-state index is 6.28. The number of rotatable bonds is 4. The van der Waals surface area contributed by atoms with Gasteiger partial charge in [-0.3, -0.25) is 5.10 Å². The number of aromatic amines is 1. The van der Waals surface area contributed by atoms with E-state index in [1.54, 1.807) is 27.7 Å². The van der Waals surface area contributed by atoms with Crippen molar-refractivity contribution in [2.75, 3.05) is 45.9 Å². The van der Waals surface area contributed by atoms with Crippen molar-refractivity contribution in [3.05, 3.63) is 29.8 Å². The summed E-state index contributed by atoms with van der Waals surface area (Å²) in [5.41, 5.74) is 2.81. The molecule has 1 saturated heterocycles. The van der Waals surface area contributed by atoms with E-state index < -0.39 is 0 Å². The molecule has 4 heterocycles. The molecule has 3 aromatic rings. The molecule has 5 rings (SSSR count). The Labute approximate surface area is 174 Å². The lowest BCUT2D eigenvalue weighted by molar-refractivity contribution is -0.0796. The average Bonchev–Trinajstić information content (AvgIpc) is 3.28. The number of fused-ring (bicyclic) bond motifs is 3. The van der Waals surface area contributed by atoms with Crippen LogP contribution in [0, 0.1) is 0 Å². The number of nitrogens with zero attached hydrogens (tertiary/aromatic N) is 4. The summed E-state index contributed by atoms with van der Waals surface area (Å²) in [4.78, 5) is 11.3.